The average Bonchev–Trinajstić information content (AvgIpc) is 3.41. The van der Waals surface area contributed by atoms with E-state index in [-0.39, 0.29) is 10.8 Å². The van der Waals surface area contributed by atoms with Gasteiger partial charge >= 0.3 is 11.9 Å². The summed E-state index contributed by atoms with van der Waals surface area (Å²) in [6.45, 7) is 12.9. The molecule has 0 radical (unpaired) electrons. The summed E-state index contributed by atoms with van der Waals surface area (Å²) in [7, 11) is 2.04. The molecule has 0 bridgehead atoms. The van der Waals surface area contributed by atoms with Gasteiger partial charge < -0.3 is 15.1 Å². The lowest BCUT2D eigenvalue weighted by atomic mass is 9.80. The van der Waals surface area contributed by atoms with Crippen LogP contribution in [0, 0.1) is 0 Å². The SMILES string of the molecule is CC1=C(/C=C/C2=C(C)c3ccc(C(=O)O)cc3C2(C)C)CCC1=C/C=C1/N(C)c2ccc(C(=O)O)cc2C1(C)C. The Balaban J connectivity index is 1.42. The minimum Gasteiger partial charge on any atom is -0.478 e. The Morgan fingerprint density at radius 2 is 1.43 bits per heavy atom. The van der Waals surface area contributed by atoms with Crippen molar-refractivity contribution >= 4 is 23.2 Å². The lowest BCUT2D eigenvalue weighted by molar-refractivity contribution is 0.0686. The van der Waals surface area contributed by atoms with Gasteiger partial charge in [0.2, 0.25) is 0 Å². The Morgan fingerprint density at radius 1 is 0.800 bits per heavy atom. The Bertz CT molecular complexity index is 1620. The molecule has 2 aromatic carbocycles. The van der Waals surface area contributed by atoms with Crippen molar-refractivity contribution in [1.82, 2.24) is 0 Å². The first-order chi connectivity index (χ1) is 18.7. The predicted molar refractivity (Wildman–Crippen MR) is 161 cm³/mol. The molecule has 2 N–H and O–H groups in total. The van der Waals surface area contributed by atoms with E-state index in [0.717, 1.165) is 40.9 Å². The minimum absolute atomic E-state index is 0.272. The van der Waals surface area contributed by atoms with Crippen LogP contribution in [0.15, 0.2) is 88.7 Å². The summed E-state index contributed by atoms with van der Waals surface area (Å²) in [6, 6.07) is 10.8. The van der Waals surface area contributed by atoms with Crippen LogP contribution >= 0.6 is 0 Å². The molecular formula is C35H37NO4. The van der Waals surface area contributed by atoms with Crippen molar-refractivity contribution in [2.24, 2.45) is 0 Å². The van der Waals surface area contributed by atoms with Crippen LogP contribution in [0.4, 0.5) is 5.69 Å². The Labute approximate surface area is 236 Å². The molecular weight excluding hydrogens is 498 g/mol. The zero-order chi connectivity index (χ0) is 29.1. The average molecular weight is 536 g/mol. The van der Waals surface area contributed by atoms with E-state index < -0.39 is 11.9 Å². The summed E-state index contributed by atoms with van der Waals surface area (Å²) in [5, 5.41) is 19.0. The highest BCUT2D eigenvalue weighted by Crippen LogP contribution is 2.49. The number of allylic oxidation sites excluding steroid dienone is 10. The number of aromatic carboxylic acids is 2. The van der Waals surface area contributed by atoms with Crippen molar-refractivity contribution < 1.29 is 19.8 Å². The molecule has 2 aliphatic carbocycles. The molecule has 1 aliphatic heterocycles. The first kappa shape index (κ1) is 27.4. The fourth-order valence-corrected chi connectivity index (χ4v) is 6.71. The van der Waals surface area contributed by atoms with E-state index in [1.54, 1.807) is 18.2 Å². The minimum atomic E-state index is -0.908. The molecule has 0 aromatic heterocycles. The molecule has 0 atom stereocenters. The van der Waals surface area contributed by atoms with E-state index >= 15 is 0 Å². The molecule has 0 unspecified atom stereocenters. The standard InChI is InChI=1S/C35H37NO4/c1-20-22(11-15-27-21(2)26-14-10-24(32(37)38)18-28(26)34(27,3)4)8-9-23(20)13-17-31-35(5,6)29-19-25(33(39)40)12-16-30(29)36(31)7/h10-19H,8-9H2,1-7H3,(H,37,38)(H,39,40)/b15-11+,23-13?,31-17+. The fraction of sp³-hybridized carbons (Fsp3) is 0.314. The van der Waals surface area contributed by atoms with Gasteiger partial charge in [-0.25, -0.2) is 9.59 Å². The molecule has 5 nitrogen and oxygen atoms in total. The number of hydrogen-bond acceptors (Lipinski definition) is 3. The van der Waals surface area contributed by atoms with Crippen molar-refractivity contribution in [2.45, 2.75) is 65.2 Å². The number of rotatable bonds is 5. The monoisotopic (exact) mass is 535 g/mol. The number of nitrogens with zero attached hydrogens (tertiary/aromatic N) is 1. The van der Waals surface area contributed by atoms with E-state index in [2.05, 4.69) is 70.7 Å². The third kappa shape index (κ3) is 4.25. The van der Waals surface area contributed by atoms with Gasteiger partial charge in [-0.2, -0.15) is 0 Å². The van der Waals surface area contributed by atoms with Crippen LogP contribution in [-0.2, 0) is 10.8 Å². The van der Waals surface area contributed by atoms with E-state index in [1.807, 2.05) is 25.2 Å². The van der Waals surface area contributed by atoms with Crippen molar-refractivity contribution in [2.75, 3.05) is 11.9 Å². The number of hydrogen-bond donors (Lipinski definition) is 2. The van der Waals surface area contributed by atoms with Crippen molar-refractivity contribution in [3.63, 3.8) is 0 Å². The number of anilines is 1. The highest BCUT2D eigenvalue weighted by Gasteiger charge is 2.39. The van der Waals surface area contributed by atoms with Crippen LogP contribution in [0.2, 0.25) is 0 Å². The van der Waals surface area contributed by atoms with Gasteiger partial charge in [-0.3, -0.25) is 0 Å². The maximum absolute atomic E-state index is 11.6. The van der Waals surface area contributed by atoms with Gasteiger partial charge in [0, 0.05) is 29.3 Å². The largest absolute Gasteiger partial charge is 0.478 e. The third-order valence-electron chi connectivity index (χ3n) is 9.22. The second-order valence-electron chi connectivity index (χ2n) is 12.2. The van der Waals surface area contributed by atoms with Crippen LogP contribution in [0.25, 0.3) is 5.57 Å². The predicted octanol–water partition coefficient (Wildman–Crippen LogP) is 8.05. The number of likely N-dealkylation sites (N-methyl/N-ethyl adjacent to an activating group) is 1. The summed E-state index contributed by atoms with van der Waals surface area (Å²) in [4.78, 5) is 25.3. The van der Waals surface area contributed by atoms with Gasteiger partial charge in [-0.15, -0.1) is 0 Å². The van der Waals surface area contributed by atoms with Crippen LogP contribution in [0.5, 0.6) is 0 Å². The molecule has 3 aliphatic rings. The summed E-state index contributed by atoms with van der Waals surface area (Å²) in [5.74, 6) is -1.81. The van der Waals surface area contributed by atoms with Gasteiger partial charge in [0.25, 0.3) is 0 Å². The molecule has 0 fully saturated rings. The van der Waals surface area contributed by atoms with Crippen molar-refractivity contribution in [3.8, 4) is 0 Å². The summed E-state index contributed by atoms with van der Waals surface area (Å²) in [6.07, 6.45) is 10.8. The van der Waals surface area contributed by atoms with Crippen molar-refractivity contribution in [3.05, 3.63) is 117 Å². The van der Waals surface area contributed by atoms with Gasteiger partial charge in [-0.1, -0.05) is 52.0 Å². The van der Waals surface area contributed by atoms with Crippen LogP contribution < -0.4 is 4.90 Å². The molecule has 0 spiro atoms. The van der Waals surface area contributed by atoms with Gasteiger partial charge in [0.1, 0.15) is 0 Å². The second kappa shape index (κ2) is 9.51. The van der Waals surface area contributed by atoms with Crippen LogP contribution in [-0.4, -0.2) is 29.2 Å². The van der Waals surface area contributed by atoms with Gasteiger partial charge in [0.15, 0.2) is 0 Å². The molecule has 0 saturated heterocycles. The number of carboxylic acids is 2. The third-order valence-corrected chi connectivity index (χ3v) is 9.22. The molecule has 0 amide bonds. The lowest BCUT2D eigenvalue weighted by Crippen LogP contribution is -2.22. The maximum Gasteiger partial charge on any atom is 0.335 e. The topological polar surface area (TPSA) is 77.8 Å². The molecule has 5 heteroatoms. The number of carboxylic acid groups (broad SMARTS) is 2. The van der Waals surface area contributed by atoms with E-state index in [0.29, 0.717) is 11.1 Å². The molecule has 5 rings (SSSR count). The van der Waals surface area contributed by atoms with E-state index in [9.17, 15) is 19.8 Å². The van der Waals surface area contributed by atoms with E-state index in [1.165, 1.54) is 27.9 Å². The van der Waals surface area contributed by atoms with Crippen LogP contribution in [0.3, 0.4) is 0 Å². The zero-order valence-electron chi connectivity index (χ0n) is 24.3. The highest BCUT2D eigenvalue weighted by molar-refractivity contribution is 5.91. The number of fused-ring (bicyclic) bond motifs is 2. The normalized spacial score (nSPS) is 21.2. The second-order valence-corrected chi connectivity index (χ2v) is 12.2. The number of benzene rings is 2. The van der Waals surface area contributed by atoms with Gasteiger partial charge in [-0.05, 0) is 108 Å². The maximum atomic E-state index is 11.6. The van der Waals surface area contributed by atoms with E-state index in [4.69, 9.17) is 0 Å². The Hall–Kier alpha value is -4.12. The molecule has 206 valence electrons. The Kier molecular flexibility index (Phi) is 6.53. The molecule has 40 heavy (non-hydrogen) atoms. The summed E-state index contributed by atoms with van der Waals surface area (Å²) < 4.78 is 0. The van der Waals surface area contributed by atoms with Crippen LogP contribution in [0.1, 0.15) is 91.8 Å². The smallest absolute Gasteiger partial charge is 0.335 e. The first-order valence-electron chi connectivity index (χ1n) is 13.8. The Morgan fingerprint density at radius 3 is 2.08 bits per heavy atom. The lowest BCUT2D eigenvalue weighted by Gasteiger charge is -2.24. The zero-order valence-corrected chi connectivity index (χ0v) is 24.3. The number of carbonyl (C=O) groups is 2. The quantitative estimate of drug-likeness (QED) is 0.405. The molecule has 0 saturated carbocycles. The fourth-order valence-electron chi connectivity index (χ4n) is 6.71. The summed E-state index contributed by atoms with van der Waals surface area (Å²) in [5.41, 5.74) is 11.8. The summed E-state index contributed by atoms with van der Waals surface area (Å²) >= 11 is 0. The molecule has 1 heterocycles. The van der Waals surface area contributed by atoms with Gasteiger partial charge in [0.05, 0.1) is 11.1 Å². The first-order valence-corrected chi connectivity index (χ1v) is 13.8. The highest BCUT2D eigenvalue weighted by atomic mass is 16.4. The molecule has 2 aromatic rings. The van der Waals surface area contributed by atoms with Crippen molar-refractivity contribution in [1.29, 1.82) is 0 Å².